The molecule has 0 aliphatic heterocycles. The monoisotopic (exact) mass is 98.1 g/mol. The fourth-order valence-corrected chi connectivity index (χ4v) is 0.868. The summed E-state index contributed by atoms with van der Waals surface area (Å²) >= 11 is 0. The molecule has 0 aromatic carbocycles. The maximum absolute atomic E-state index is 5.49. The second kappa shape index (κ2) is 1.83. The third-order valence-electron chi connectivity index (χ3n) is 1.76. The lowest BCUT2D eigenvalue weighted by molar-refractivity contribution is 0.288. The fraction of sp³-hybridized carbons (Fsp3) is 0.833. The van der Waals surface area contributed by atoms with Crippen LogP contribution in [0.1, 0.15) is 19.3 Å². The first-order valence-corrected chi connectivity index (χ1v) is 2.89. The minimum atomic E-state index is 0.203. The van der Waals surface area contributed by atoms with E-state index >= 15 is 0 Å². The van der Waals surface area contributed by atoms with Crippen molar-refractivity contribution in [3.05, 3.63) is 6.92 Å². The molecule has 0 amide bonds. The number of rotatable bonds is 1. The molecule has 41 valence electrons. The van der Waals surface area contributed by atoms with E-state index in [1.165, 1.54) is 19.3 Å². The molecule has 1 saturated carbocycles. The van der Waals surface area contributed by atoms with Crippen LogP contribution in [-0.2, 0) is 0 Å². The molecule has 0 saturated heterocycles. The normalized spacial score (nSPS) is 26.6. The van der Waals surface area contributed by atoms with Gasteiger partial charge in [0.2, 0.25) is 0 Å². The molecular weight excluding hydrogens is 86.1 g/mol. The summed E-state index contributed by atoms with van der Waals surface area (Å²) in [6.07, 6.45) is 3.99. The van der Waals surface area contributed by atoms with Gasteiger partial charge in [-0.1, -0.05) is 6.42 Å². The molecule has 1 fully saturated rings. The van der Waals surface area contributed by atoms with Gasteiger partial charge in [0.1, 0.15) is 0 Å². The Balaban J connectivity index is 2.14. The van der Waals surface area contributed by atoms with Gasteiger partial charge >= 0.3 is 0 Å². The van der Waals surface area contributed by atoms with Crippen LogP contribution in [0.15, 0.2) is 0 Å². The van der Waals surface area contributed by atoms with E-state index in [-0.39, 0.29) is 6.04 Å². The quantitative estimate of drug-likeness (QED) is 0.519. The average Bonchev–Trinajstić information content (AvgIpc) is 1.23. The molecule has 1 atom stereocenters. The molecular formula is C6H12N. The molecule has 1 aliphatic rings. The topological polar surface area (TPSA) is 26.0 Å². The van der Waals surface area contributed by atoms with Crippen LogP contribution in [0.25, 0.3) is 0 Å². The van der Waals surface area contributed by atoms with Crippen LogP contribution < -0.4 is 5.73 Å². The molecule has 0 aromatic heterocycles. The fourth-order valence-electron chi connectivity index (χ4n) is 0.868. The maximum Gasteiger partial charge on any atom is 0.00677 e. The molecule has 1 heteroatoms. The molecule has 0 spiro atoms. The van der Waals surface area contributed by atoms with Gasteiger partial charge in [-0.05, 0) is 25.7 Å². The summed E-state index contributed by atoms with van der Waals surface area (Å²) in [4.78, 5) is 0. The zero-order chi connectivity index (χ0) is 5.28. The first kappa shape index (κ1) is 5.10. The largest absolute Gasteiger partial charge is 0.327 e. The van der Waals surface area contributed by atoms with Crippen molar-refractivity contribution in [2.75, 3.05) is 0 Å². The van der Waals surface area contributed by atoms with E-state index in [4.69, 9.17) is 5.73 Å². The van der Waals surface area contributed by atoms with Crippen LogP contribution in [0.2, 0.25) is 0 Å². The SMILES string of the molecule is [CH2]C(N)C1CCC1. The third kappa shape index (κ3) is 0.942. The van der Waals surface area contributed by atoms with Gasteiger partial charge in [-0.25, -0.2) is 0 Å². The zero-order valence-corrected chi connectivity index (χ0v) is 4.56. The van der Waals surface area contributed by atoms with Crippen molar-refractivity contribution in [2.45, 2.75) is 25.3 Å². The lowest BCUT2D eigenvalue weighted by Crippen LogP contribution is -2.31. The van der Waals surface area contributed by atoms with Gasteiger partial charge in [-0.3, -0.25) is 0 Å². The Hall–Kier alpha value is -0.0400. The van der Waals surface area contributed by atoms with Crippen LogP contribution in [0.5, 0.6) is 0 Å². The summed E-state index contributed by atoms with van der Waals surface area (Å²) < 4.78 is 0. The molecule has 2 N–H and O–H groups in total. The van der Waals surface area contributed by atoms with Gasteiger partial charge in [0.15, 0.2) is 0 Å². The lowest BCUT2D eigenvalue weighted by Gasteiger charge is -2.28. The summed E-state index contributed by atoms with van der Waals surface area (Å²) in [6.45, 7) is 3.74. The second-order valence-electron chi connectivity index (χ2n) is 2.35. The first-order chi connectivity index (χ1) is 3.30. The van der Waals surface area contributed by atoms with Crippen LogP contribution in [-0.4, -0.2) is 6.04 Å². The molecule has 1 unspecified atom stereocenters. The predicted octanol–water partition coefficient (Wildman–Crippen LogP) is 0.948. The molecule has 1 rings (SSSR count). The molecule has 1 radical (unpaired) electrons. The number of hydrogen-bond acceptors (Lipinski definition) is 1. The summed E-state index contributed by atoms with van der Waals surface area (Å²) in [6, 6.07) is 0.203. The smallest absolute Gasteiger partial charge is 0.00677 e. The van der Waals surface area contributed by atoms with Crippen LogP contribution >= 0.6 is 0 Å². The van der Waals surface area contributed by atoms with E-state index in [1.807, 2.05) is 0 Å². The van der Waals surface area contributed by atoms with Crippen LogP contribution in [0, 0.1) is 12.8 Å². The standard InChI is InChI=1S/C6H12N/c1-5(7)6-3-2-4-6/h5-6H,1-4,7H2. The maximum atomic E-state index is 5.49. The van der Waals surface area contributed by atoms with Crippen molar-refractivity contribution >= 4 is 0 Å². The number of nitrogens with two attached hydrogens (primary N) is 1. The van der Waals surface area contributed by atoms with Crippen molar-refractivity contribution in [1.29, 1.82) is 0 Å². The van der Waals surface area contributed by atoms with Crippen molar-refractivity contribution in [1.82, 2.24) is 0 Å². The molecule has 1 nitrogen and oxygen atoms in total. The minimum absolute atomic E-state index is 0.203. The average molecular weight is 98.2 g/mol. The second-order valence-corrected chi connectivity index (χ2v) is 2.35. The summed E-state index contributed by atoms with van der Waals surface area (Å²) in [5, 5.41) is 0. The molecule has 7 heavy (non-hydrogen) atoms. The van der Waals surface area contributed by atoms with Crippen LogP contribution in [0.4, 0.5) is 0 Å². The minimum Gasteiger partial charge on any atom is -0.327 e. The predicted molar refractivity (Wildman–Crippen MR) is 30.7 cm³/mol. The van der Waals surface area contributed by atoms with Crippen LogP contribution in [0.3, 0.4) is 0 Å². The number of hydrogen-bond donors (Lipinski definition) is 1. The van der Waals surface area contributed by atoms with E-state index < -0.39 is 0 Å². The van der Waals surface area contributed by atoms with E-state index in [2.05, 4.69) is 6.92 Å². The lowest BCUT2D eigenvalue weighted by atomic mass is 9.81. The highest BCUT2D eigenvalue weighted by Gasteiger charge is 2.20. The Morgan fingerprint density at radius 1 is 1.57 bits per heavy atom. The Morgan fingerprint density at radius 2 is 2.14 bits per heavy atom. The van der Waals surface area contributed by atoms with Crippen molar-refractivity contribution in [3.63, 3.8) is 0 Å². The van der Waals surface area contributed by atoms with Gasteiger partial charge in [-0.2, -0.15) is 0 Å². The van der Waals surface area contributed by atoms with Gasteiger partial charge in [0.25, 0.3) is 0 Å². The van der Waals surface area contributed by atoms with E-state index in [9.17, 15) is 0 Å². The summed E-state index contributed by atoms with van der Waals surface area (Å²) in [5.74, 6) is 0.750. The molecule has 0 heterocycles. The Morgan fingerprint density at radius 3 is 2.14 bits per heavy atom. The highest BCUT2D eigenvalue weighted by molar-refractivity contribution is 4.80. The highest BCUT2D eigenvalue weighted by Crippen LogP contribution is 2.27. The first-order valence-electron chi connectivity index (χ1n) is 2.89. The van der Waals surface area contributed by atoms with Gasteiger partial charge in [0.05, 0.1) is 0 Å². The Labute approximate surface area is 44.9 Å². The molecule has 0 aromatic rings. The Bertz CT molecular complexity index is 55.2. The van der Waals surface area contributed by atoms with E-state index in [0.29, 0.717) is 0 Å². The van der Waals surface area contributed by atoms with Crippen molar-refractivity contribution < 1.29 is 0 Å². The third-order valence-corrected chi connectivity index (χ3v) is 1.76. The van der Waals surface area contributed by atoms with Gasteiger partial charge < -0.3 is 5.73 Å². The van der Waals surface area contributed by atoms with Crippen molar-refractivity contribution in [2.24, 2.45) is 11.7 Å². The Kier molecular flexibility index (Phi) is 1.33. The van der Waals surface area contributed by atoms with E-state index in [0.717, 1.165) is 5.92 Å². The van der Waals surface area contributed by atoms with Gasteiger partial charge in [-0.15, -0.1) is 0 Å². The van der Waals surface area contributed by atoms with Crippen molar-refractivity contribution in [3.8, 4) is 0 Å². The molecule has 0 bridgehead atoms. The zero-order valence-electron chi connectivity index (χ0n) is 4.56. The highest BCUT2D eigenvalue weighted by atomic mass is 14.6. The summed E-state index contributed by atoms with van der Waals surface area (Å²) in [5.41, 5.74) is 5.49. The summed E-state index contributed by atoms with van der Waals surface area (Å²) in [7, 11) is 0. The van der Waals surface area contributed by atoms with E-state index in [1.54, 1.807) is 0 Å². The van der Waals surface area contributed by atoms with Gasteiger partial charge in [0, 0.05) is 6.04 Å². The molecule has 1 aliphatic carbocycles.